The average molecular weight is 511 g/mol. The maximum atomic E-state index is 11.0. The van der Waals surface area contributed by atoms with Gasteiger partial charge in [0.15, 0.2) is 5.69 Å². The van der Waals surface area contributed by atoms with E-state index in [1.165, 1.54) is 22.2 Å². The summed E-state index contributed by atoms with van der Waals surface area (Å²) in [4.78, 5) is 8.72. The average Bonchev–Trinajstić information content (AvgIpc) is 3.42. The Kier molecular flexibility index (Phi) is 6.44. The van der Waals surface area contributed by atoms with Crippen LogP contribution in [0, 0.1) is 11.3 Å². The van der Waals surface area contributed by atoms with Gasteiger partial charge in [-0.05, 0) is 22.0 Å². The van der Waals surface area contributed by atoms with E-state index in [2.05, 4.69) is 36.2 Å². The number of thioether (sulfide) groups is 1. The van der Waals surface area contributed by atoms with Crippen LogP contribution in [0.4, 0.5) is 0 Å². The van der Waals surface area contributed by atoms with Crippen molar-refractivity contribution in [2.45, 2.75) is 34.7 Å². The molecule has 156 valence electrons. The number of halogens is 1. The Hall–Kier alpha value is -1.92. The minimum Gasteiger partial charge on any atom is -0.394 e. The van der Waals surface area contributed by atoms with Gasteiger partial charge >= 0.3 is 0 Å². The van der Waals surface area contributed by atoms with E-state index >= 15 is 0 Å². The summed E-state index contributed by atoms with van der Waals surface area (Å²) < 4.78 is 7.74. The molecule has 4 rings (SSSR count). The van der Waals surface area contributed by atoms with E-state index < -0.39 is 36.4 Å². The van der Waals surface area contributed by atoms with Crippen LogP contribution in [0.5, 0.6) is 0 Å². The van der Waals surface area contributed by atoms with Crippen LogP contribution in [0.1, 0.15) is 11.7 Å². The number of rotatable bonds is 5. The van der Waals surface area contributed by atoms with Crippen molar-refractivity contribution in [1.82, 2.24) is 25.0 Å². The molecular weight excluding hydrogens is 496 g/mol. The second-order valence-corrected chi connectivity index (χ2v) is 9.30. The minimum atomic E-state index is -1.23. The highest BCUT2D eigenvalue weighted by atomic mass is 79.9. The SMILES string of the molecule is N#Cc1ncc(Br)cc1S[C@H]1OC(CO)[C@H](O)C(n2cc(-c3nccs3)nn2)C1O. The standard InChI is InChI=1S/C17H15BrN6O4S2/c18-8-3-12(9(4-19)21-5-8)30-17-15(27)13(14(26)11(7-25)28-17)24-6-10(22-23-24)16-20-1-2-29-16/h1-3,5-6,11,13-15,17,25-27H,7H2/t11?,13?,14-,15?,17+/m0/s1. The number of aliphatic hydroxyl groups is 3. The normalized spacial score (nSPS) is 26.4. The number of nitriles is 1. The molecular formula is C17H15BrN6O4S2. The number of hydrogen-bond donors (Lipinski definition) is 3. The Balaban J connectivity index is 1.64. The first-order valence-corrected chi connectivity index (χ1v) is 11.2. The summed E-state index contributed by atoms with van der Waals surface area (Å²) >= 11 is 5.78. The highest BCUT2D eigenvalue weighted by Gasteiger charge is 2.46. The fraction of sp³-hybridized carbons (Fsp3) is 0.353. The molecule has 3 aromatic heterocycles. The molecule has 0 spiro atoms. The Bertz CT molecular complexity index is 1060. The van der Waals surface area contributed by atoms with Gasteiger partial charge in [0, 0.05) is 27.1 Å². The molecule has 3 unspecified atom stereocenters. The second kappa shape index (κ2) is 9.06. The van der Waals surface area contributed by atoms with Gasteiger partial charge in [-0.25, -0.2) is 14.6 Å². The van der Waals surface area contributed by atoms with Crippen molar-refractivity contribution in [2.24, 2.45) is 0 Å². The van der Waals surface area contributed by atoms with E-state index in [0.717, 1.165) is 11.8 Å². The van der Waals surface area contributed by atoms with E-state index in [4.69, 9.17) is 4.74 Å². The molecule has 0 aliphatic carbocycles. The third-order valence-electron chi connectivity index (χ3n) is 4.48. The first-order valence-electron chi connectivity index (χ1n) is 8.68. The van der Waals surface area contributed by atoms with Gasteiger partial charge < -0.3 is 20.1 Å². The molecule has 1 aliphatic heterocycles. The summed E-state index contributed by atoms with van der Waals surface area (Å²) in [7, 11) is 0. The molecule has 4 heterocycles. The van der Waals surface area contributed by atoms with Crippen molar-refractivity contribution in [3.05, 3.63) is 40.2 Å². The topological polar surface area (TPSA) is 150 Å². The number of nitrogens with zero attached hydrogens (tertiary/aromatic N) is 6. The summed E-state index contributed by atoms with van der Waals surface area (Å²) in [6.07, 6.45) is 1.31. The molecule has 1 fully saturated rings. The van der Waals surface area contributed by atoms with E-state index in [9.17, 15) is 20.6 Å². The number of thiazole rings is 1. The quantitative estimate of drug-likeness (QED) is 0.456. The highest BCUT2D eigenvalue weighted by molar-refractivity contribution is 9.10. The molecule has 3 N–H and O–H groups in total. The van der Waals surface area contributed by atoms with E-state index in [0.29, 0.717) is 20.1 Å². The summed E-state index contributed by atoms with van der Waals surface area (Å²) in [5.74, 6) is 0. The van der Waals surface area contributed by atoms with Gasteiger partial charge in [0.1, 0.15) is 46.6 Å². The monoisotopic (exact) mass is 510 g/mol. The van der Waals surface area contributed by atoms with Gasteiger partial charge in [-0.1, -0.05) is 17.0 Å². The summed E-state index contributed by atoms with van der Waals surface area (Å²) in [6.45, 7) is -0.461. The number of aromatic nitrogens is 5. The van der Waals surface area contributed by atoms with Crippen molar-refractivity contribution in [1.29, 1.82) is 5.26 Å². The Morgan fingerprint density at radius 3 is 2.87 bits per heavy atom. The lowest BCUT2D eigenvalue weighted by Gasteiger charge is -2.41. The van der Waals surface area contributed by atoms with Gasteiger partial charge in [-0.3, -0.25) is 0 Å². The lowest BCUT2D eigenvalue weighted by atomic mass is 9.97. The van der Waals surface area contributed by atoms with Gasteiger partial charge in [-0.15, -0.1) is 16.4 Å². The largest absolute Gasteiger partial charge is 0.394 e. The zero-order valence-electron chi connectivity index (χ0n) is 15.1. The molecule has 13 heteroatoms. The molecule has 1 aliphatic rings. The second-order valence-electron chi connectivity index (χ2n) is 6.35. The molecule has 0 amide bonds. The molecule has 30 heavy (non-hydrogen) atoms. The molecule has 3 aromatic rings. The van der Waals surface area contributed by atoms with Crippen molar-refractivity contribution in [3.63, 3.8) is 0 Å². The predicted molar refractivity (Wildman–Crippen MR) is 110 cm³/mol. The zero-order valence-corrected chi connectivity index (χ0v) is 18.3. The van der Waals surface area contributed by atoms with Crippen molar-refractivity contribution in [3.8, 4) is 16.8 Å². The van der Waals surface area contributed by atoms with Gasteiger partial charge in [0.05, 0.1) is 12.8 Å². The first-order chi connectivity index (χ1) is 14.5. The van der Waals surface area contributed by atoms with Gasteiger partial charge in [0.25, 0.3) is 0 Å². The Morgan fingerprint density at radius 2 is 2.17 bits per heavy atom. The fourth-order valence-corrected chi connectivity index (χ4v) is 5.29. The number of hydrogen-bond acceptors (Lipinski definition) is 11. The number of aliphatic hydroxyl groups excluding tert-OH is 3. The zero-order chi connectivity index (χ0) is 21.3. The van der Waals surface area contributed by atoms with Crippen molar-refractivity contribution >= 4 is 39.0 Å². The van der Waals surface area contributed by atoms with Crippen LogP contribution in [-0.4, -0.2) is 70.6 Å². The first kappa shape index (κ1) is 21.3. The van der Waals surface area contributed by atoms with Crippen molar-refractivity contribution in [2.75, 3.05) is 6.61 Å². The molecule has 0 radical (unpaired) electrons. The lowest BCUT2D eigenvalue weighted by molar-refractivity contribution is -0.178. The molecule has 1 saturated heterocycles. The molecule has 5 atom stereocenters. The fourth-order valence-electron chi connectivity index (χ4n) is 3.07. The predicted octanol–water partition coefficient (Wildman–Crippen LogP) is 1.20. The van der Waals surface area contributed by atoms with Crippen LogP contribution >= 0.6 is 39.0 Å². The van der Waals surface area contributed by atoms with Crippen LogP contribution in [0.25, 0.3) is 10.7 Å². The summed E-state index contributed by atoms with van der Waals surface area (Å²) in [5.41, 5.74) is -0.219. The molecule has 0 bridgehead atoms. The van der Waals surface area contributed by atoms with Crippen LogP contribution < -0.4 is 0 Å². The Morgan fingerprint density at radius 1 is 1.33 bits per heavy atom. The highest BCUT2D eigenvalue weighted by Crippen LogP contribution is 2.39. The number of pyridine rings is 1. The van der Waals surface area contributed by atoms with Crippen molar-refractivity contribution < 1.29 is 20.1 Å². The van der Waals surface area contributed by atoms with Gasteiger partial charge in [-0.2, -0.15) is 5.26 Å². The van der Waals surface area contributed by atoms with Crippen LogP contribution in [0.3, 0.4) is 0 Å². The third kappa shape index (κ3) is 4.12. The molecule has 0 saturated carbocycles. The molecule has 10 nitrogen and oxygen atoms in total. The van der Waals surface area contributed by atoms with E-state index in [1.54, 1.807) is 23.8 Å². The van der Waals surface area contributed by atoms with Crippen LogP contribution in [0.2, 0.25) is 0 Å². The maximum absolute atomic E-state index is 11.0. The smallest absolute Gasteiger partial charge is 0.154 e. The van der Waals surface area contributed by atoms with Crippen LogP contribution in [0.15, 0.2) is 39.4 Å². The van der Waals surface area contributed by atoms with Crippen LogP contribution in [-0.2, 0) is 4.74 Å². The number of ether oxygens (including phenoxy) is 1. The third-order valence-corrected chi connectivity index (χ3v) is 6.90. The maximum Gasteiger partial charge on any atom is 0.154 e. The Labute approximate surface area is 187 Å². The van der Waals surface area contributed by atoms with Gasteiger partial charge in [0.2, 0.25) is 0 Å². The summed E-state index contributed by atoms with van der Waals surface area (Å²) in [5, 5.41) is 51.3. The van der Waals surface area contributed by atoms with E-state index in [-0.39, 0.29) is 5.69 Å². The van der Waals surface area contributed by atoms with E-state index in [1.807, 2.05) is 6.07 Å². The molecule has 0 aromatic carbocycles. The minimum absolute atomic E-state index is 0.175. The summed E-state index contributed by atoms with van der Waals surface area (Å²) in [6, 6.07) is 2.76. The lowest BCUT2D eigenvalue weighted by Crippen LogP contribution is -2.55.